The molecule has 0 radical (unpaired) electrons. The second kappa shape index (κ2) is 5.58. The number of ketones is 1. The molecule has 1 saturated heterocycles. The van der Waals surface area contributed by atoms with Crippen LogP contribution >= 0.6 is 0 Å². The summed E-state index contributed by atoms with van der Waals surface area (Å²) in [5.74, 6) is 0.0262. The fourth-order valence-electron chi connectivity index (χ4n) is 1.50. The van der Waals surface area contributed by atoms with Crippen molar-refractivity contribution in [3.8, 4) is 0 Å². The van der Waals surface area contributed by atoms with Crippen LogP contribution in [0, 0.1) is 5.41 Å². The molecule has 1 fully saturated rings. The highest BCUT2D eigenvalue weighted by molar-refractivity contribution is 5.85. The minimum absolute atomic E-state index is 0.0262. The van der Waals surface area contributed by atoms with Gasteiger partial charge in [0.25, 0.3) is 0 Å². The van der Waals surface area contributed by atoms with Gasteiger partial charge in [-0.1, -0.05) is 13.8 Å². The van der Waals surface area contributed by atoms with Crippen LogP contribution in [0.3, 0.4) is 0 Å². The van der Waals surface area contributed by atoms with Gasteiger partial charge in [0, 0.05) is 12.0 Å². The Morgan fingerprint density at radius 3 is 2.80 bits per heavy atom. The van der Waals surface area contributed by atoms with Crippen molar-refractivity contribution in [2.75, 3.05) is 19.8 Å². The lowest BCUT2D eigenvalue weighted by molar-refractivity contribution is -0.178. The lowest BCUT2D eigenvalue weighted by atomic mass is 9.89. The number of ether oxygens (including phenoxy) is 2. The van der Waals surface area contributed by atoms with E-state index in [1.54, 1.807) is 0 Å². The number of rotatable bonds is 5. The van der Waals surface area contributed by atoms with E-state index in [0.717, 1.165) is 25.9 Å². The van der Waals surface area contributed by atoms with Gasteiger partial charge in [0.1, 0.15) is 0 Å². The van der Waals surface area contributed by atoms with Gasteiger partial charge in [-0.3, -0.25) is 4.79 Å². The van der Waals surface area contributed by atoms with Gasteiger partial charge < -0.3 is 15.2 Å². The van der Waals surface area contributed by atoms with Gasteiger partial charge in [0.2, 0.25) is 0 Å². The van der Waals surface area contributed by atoms with Crippen LogP contribution in [0.25, 0.3) is 0 Å². The Morgan fingerprint density at radius 2 is 2.27 bits per heavy atom. The standard InChI is InChI=1S/C11H21NO3/c1-11(2,9(13)7-12)8-15-10-5-3-4-6-14-10/h10H,3-8,12H2,1-2H3. The van der Waals surface area contributed by atoms with Gasteiger partial charge in [0.15, 0.2) is 12.1 Å². The Labute approximate surface area is 91.1 Å². The molecule has 0 aromatic carbocycles. The number of carbonyl (C=O) groups is 1. The van der Waals surface area contributed by atoms with E-state index in [2.05, 4.69) is 0 Å². The maximum atomic E-state index is 11.5. The van der Waals surface area contributed by atoms with Gasteiger partial charge in [-0.15, -0.1) is 0 Å². The Bertz CT molecular complexity index is 210. The molecule has 1 rings (SSSR count). The first kappa shape index (κ1) is 12.6. The average Bonchev–Trinajstić information content (AvgIpc) is 2.27. The third kappa shape index (κ3) is 3.89. The molecule has 1 unspecified atom stereocenters. The van der Waals surface area contributed by atoms with Crippen molar-refractivity contribution in [1.29, 1.82) is 0 Å². The molecule has 1 aliphatic rings. The van der Waals surface area contributed by atoms with Crippen molar-refractivity contribution < 1.29 is 14.3 Å². The molecule has 2 N–H and O–H groups in total. The highest BCUT2D eigenvalue weighted by Crippen LogP contribution is 2.20. The Kier molecular flexibility index (Phi) is 4.70. The summed E-state index contributed by atoms with van der Waals surface area (Å²) in [6.45, 7) is 4.92. The van der Waals surface area contributed by atoms with Crippen molar-refractivity contribution in [3.05, 3.63) is 0 Å². The van der Waals surface area contributed by atoms with Crippen LogP contribution in [0.1, 0.15) is 33.1 Å². The summed E-state index contributed by atoms with van der Waals surface area (Å²) in [5, 5.41) is 0. The minimum atomic E-state index is -0.504. The predicted octanol–water partition coefficient (Wildman–Crippen LogP) is 1.08. The normalized spacial score (nSPS) is 22.7. The molecule has 0 aromatic rings. The molecule has 0 spiro atoms. The number of Topliss-reactive ketones (excluding diaryl/α,β-unsaturated/α-hetero) is 1. The second-order valence-electron chi connectivity index (χ2n) is 4.62. The van der Waals surface area contributed by atoms with Crippen molar-refractivity contribution in [1.82, 2.24) is 0 Å². The van der Waals surface area contributed by atoms with Crippen LogP contribution in [-0.2, 0) is 14.3 Å². The fraction of sp³-hybridized carbons (Fsp3) is 0.909. The molecule has 1 atom stereocenters. The maximum absolute atomic E-state index is 11.5. The van der Waals surface area contributed by atoms with E-state index >= 15 is 0 Å². The number of carbonyl (C=O) groups excluding carboxylic acids is 1. The molecule has 0 bridgehead atoms. The highest BCUT2D eigenvalue weighted by Gasteiger charge is 2.28. The summed E-state index contributed by atoms with van der Waals surface area (Å²) in [6.07, 6.45) is 3.02. The zero-order valence-electron chi connectivity index (χ0n) is 9.62. The summed E-state index contributed by atoms with van der Waals surface area (Å²) in [6, 6.07) is 0. The molecule has 15 heavy (non-hydrogen) atoms. The van der Waals surface area contributed by atoms with Crippen molar-refractivity contribution in [2.45, 2.75) is 39.4 Å². The first-order valence-corrected chi connectivity index (χ1v) is 5.53. The first-order valence-electron chi connectivity index (χ1n) is 5.53. The Hall–Kier alpha value is -0.450. The SMILES string of the molecule is CC(C)(COC1CCCCO1)C(=O)CN. The number of hydrogen-bond donors (Lipinski definition) is 1. The van der Waals surface area contributed by atoms with Crippen LogP contribution in [0.2, 0.25) is 0 Å². The molecule has 88 valence electrons. The van der Waals surface area contributed by atoms with Crippen molar-refractivity contribution in [2.24, 2.45) is 11.1 Å². The smallest absolute Gasteiger partial charge is 0.157 e. The molecular weight excluding hydrogens is 194 g/mol. The van der Waals surface area contributed by atoms with E-state index in [1.165, 1.54) is 0 Å². The second-order valence-corrected chi connectivity index (χ2v) is 4.62. The minimum Gasteiger partial charge on any atom is -0.353 e. The Morgan fingerprint density at radius 1 is 1.53 bits per heavy atom. The molecule has 1 heterocycles. The zero-order valence-corrected chi connectivity index (χ0v) is 9.62. The van der Waals surface area contributed by atoms with Crippen LogP contribution in [0.5, 0.6) is 0 Å². The maximum Gasteiger partial charge on any atom is 0.157 e. The van der Waals surface area contributed by atoms with E-state index in [-0.39, 0.29) is 18.6 Å². The fourth-order valence-corrected chi connectivity index (χ4v) is 1.50. The highest BCUT2D eigenvalue weighted by atomic mass is 16.7. The summed E-state index contributed by atoms with van der Waals surface area (Å²) < 4.78 is 11.0. The summed E-state index contributed by atoms with van der Waals surface area (Å²) in [4.78, 5) is 11.5. The van der Waals surface area contributed by atoms with Crippen LogP contribution in [0.15, 0.2) is 0 Å². The van der Waals surface area contributed by atoms with E-state index in [9.17, 15) is 4.79 Å². The molecule has 4 heteroatoms. The average molecular weight is 215 g/mol. The van der Waals surface area contributed by atoms with Gasteiger partial charge >= 0.3 is 0 Å². The van der Waals surface area contributed by atoms with Gasteiger partial charge in [-0.25, -0.2) is 0 Å². The number of nitrogens with two attached hydrogens (primary N) is 1. The molecular formula is C11H21NO3. The van der Waals surface area contributed by atoms with E-state index in [0.29, 0.717) is 6.61 Å². The molecule has 0 aliphatic carbocycles. The van der Waals surface area contributed by atoms with Gasteiger partial charge in [-0.05, 0) is 19.3 Å². The molecule has 0 amide bonds. The zero-order chi connectivity index (χ0) is 11.3. The van der Waals surface area contributed by atoms with E-state index < -0.39 is 5.41 Å². The summed E-state index contributed by atoms with van der Waals surface area (Å²) in [5.41, 5.74) is 4.83. The molecule has 1 aliphatic heterocycles. The predicted molar refractivity (Wildman–Crippen MR) is 57.4 cm³/mol. The first-order chi connectivity index (χ1) is 7.06. The third-order valence-corrected chi connectivity index (χ3v) is 2.71. The van der Waals surface area contributed by atoms with E-state index in [1.807, 2.05) is 13.8 Å². The van der Waals surface area contributed by atoms with Gasteiger partial charge in [0.05, 0.1) is 13.2 Å². The van der Waals surface area contributed by atoms with Crippen molar-refractivity contribution in [3.63, 3.8) is 0 Å². The number of hydrogen-bond acceptors (Lipinski definition) is 4. The van der Waals surface area contributed by atoms with Crippen LogP contribution < -0.4 is 5.73 Å². The third-order valence-electron chi connectivity index (χ3n) is 2.71. The van der Waals surface area contributed by atoms with E-state index in [4.69, 9.17) is 15.2 Å². The molecule has 0 saturated carbocycles. The summed E-state index contributed by atoms with van der Waals surface area (Å²) in [7, 11) is 0. The largest absolute Gasteiger partial charge is 0.353 e. The van der Waals surface area contributed by atoms with Crippen LogP contribution in [0.4, 0.5) is 0 Å². The lowest BCUT2D eigenvalue weighted by Gasteiger charge is -2.28. The monoisotopic (exact) mass is 215 g/mol. The summed E-state index contributed by atoms with van der Waals surface area (Å²) >= 11 is 0. The van der Waals surface area contributed by atoms with Crippen molar-refractivity contribution >= 4 is 5.78 Å². The molecule has 0 aromatic heterocycles. The Balaban J connectivity index is 2.31. The van der Waals surface area contributed by atoms with Crippen LogP contribution in [-0.4, -0.2) is 31.8 Å². The quantitative estimate of drug-likeness (QED) is 0.745. The topological polar surface area (TPSA) is 61.5 Å². The molecule has 4 nitrogen and oxygen atoms in total. The lowest BCUT2D eigenvalue weighted by Crippen LogP contribution is -2.37. The van der Waals surface area contributed by atoms with Gasteiger partial charge in [-0.2, -0.15) is 0 Å².